The summed E-state index contributed by atoms with van der Waals surface area (Å²) in [5.41, 5.74) is 2.45. The van der Waals surface area contributed by atoms with Crippen molar-refractivity contribution in [1.29, 1.82) is 0 Å². The number of rotatable bonds is 7. The molecule has 118 valence electrons. The second kappa shape index (κ2) is 8.09. The molecule has 1 aliphatic heterocycles. The van der Waals surface area contributed by atoms with Gasteiger partial charge in [-0.05, 0) is 49.9 Å². The Morgan fingerprint density at radius 1 is 1.14 bits per heavy atom. The van der Waals surface area contributed by atoms with Crippen LogP contribution in [0, 0.1) is 0 Å². The fourth-order valence-corrected chi connectivity index (χ4v) is 4.52. The predicted molar refractivity (Wildman–Crippen MR) is 92.5 cm³/mol. The molecular formula is C18H29NOS. The zero-order chi connectivity index (χ0) is 15.2. The highest BCUT2D eigenvalue weighted by atomic mass is 32.2. The smallest absolute Gasteiger partial charge is 0.132 e. The Morgan fingerprint density at radius 2 is 1.86 bits per heavy atom. The number of fused-ring (bicyclic) bond motifs is 1. The molecule has 2 rings (SSSR count). The fourth-order valence-electron chi connectivity index (χ4n) is 3.22. The van der Waals surface area contributed by atoms with Gasteiger partial charge in [-0.25, -0.2) is 0 Å². The molecule has 1 aromatic carbocycles. The highest BCUT2D eigenvalue weighted by molar-refractivity contribution is 7.99. The van der Waals surface area contributed by atoms with E-state index in [1.165, 1.54) is 31.5 Å². The van der Waals surface area contributed by atoms with Crippen molar-refractivity contribution in [3.05, 3.63) is 23.3 Å². The zero-order valence-corrected chi connectivity index (χ0v) is 14.5. The van der Waals surface area contributed by atoms with Gasteiger partial charge in [-0.1, -0.05) is 39.3 Å². The van der Waals surface area contributed by atoms with Crippen molar-refractivity contribution < 1.29 is 5.11 Å². The summed E-state index contributed by atoms with van der Waals surface area (Å²) < 4.78 is 0. The van der Waals surface area contributed by atoms with Crippen LogP contribution in [-0.4, -0.2) is 34.9 Å². The third-order valence-electron chi connectivity index (χ3n) is 4.23. The molecule has 1 heterocycles. The minimum absolute atomic E-state index is 0.551. The van der Waals surface area contributed by atoms with Gasteiger partial charge in [0.2, 0.25) is 0 Å². The Morgan fingerprint density at radius 3 is 2.48 bits per heavy atom. The number of aryl methyl sites for hydroxylation is 1. The third kappa shape index (κ3) is 3.95. The van der Waals surface area contributed by atoms with Crippen LogP contribution in [0.15, 0.2) is 17.0 Å². The standard InChI is InChI=1S/C18H29NOS/c1-4-7-14-8-9-15-12-16(13-21-18(15)17(14)20)19(10-5-2)11-6-3/h8-9,16,20H,4-7,10-13H2,1-3H3. The molecule has 0 aromatic heterocycles. The van der Waals surface area contributed by atoms with E-state index in [9.17, 15) is 5.11 Å². The molecule has 0 aliphatic carbocycles. The molecular weight excluding hydrogens is 278 g/mol. The maximum Gasteiger partial charge on any atom is 0.132 e. The van der Waals surface area contributed by atoms with Crippen molar-refractivity contribution in [1.82, 2.24) is 4.90 Å². The molecule has 0 saturated heterocycles. The van der Waals surface area contributed by atoms with E-state index in [0.29, 0.717) is 11.8 Å². The van der Waals surface area contributed by atoms with E-state index >= 15 is 0 Å². The van der Waals surface area contributed by atoms with Crippen LogP contribution < -0.4 is 0 Å². The van der Waals surface area contributed by atoms with Gasteiger partial charge in [0.15, 0.2) is 0 Å². The van der Waals surface area contributed by atoms with Crippen LogP contribution in [0.4, 0.5) is 0 Å². The number of thioether (sulfide) groups is 1. The Balaban J connectivity index is 2.15. The van der Waals surface area contributed by atoms with Crippen molar-refractivity contribution in [3.8, 4) is 5.75 Å². The first-order chi connectivity index (χ1) is 10.2. The van der Waals surface area contributed by atoms with Gasteiger partial charge in [-0.2, -0.15) is 0 Å². The summed E-state index contributed by atoms with van der Waals surface area (Å²) in [5, 5.41) is 10.5. The highest BCUT2D eigenvalue weighted by Crippen LogP contribution is 2.40. The number of phenolic OH excluding ortho intramolecular Hbond substituents is 1. The first kappa shape index (κ1) is 16.7. The lowest BCUT2D eigenvalue weighted by atomic mass is 10.00. The lowest BCUT2D eigenvalue weighted by Crippen LogP contribution is -2.41. The summed E-state index contributed by atoms with van der Waals surface area (Å²) in [6.07, 6.45) is 5.58. The summed E-state index contributed by atoms with van der Waals surface area (Å²) in [7, 11) is 0. The average Bonchev–Trinajstić information content (AvgIpc) is 2.50. The van der Waals surface area contributed by atoms with Crippen molar-refractivity contribution in [3.63, 3.8) is 0 Å². The fraction of sp³-hybridized carbons (Fsp3) is 0.667. The van der Waals surface area contributed by atoms with Gasteiger partial charge in [0.05, 0.1) is 4.90 Å². The molecule has 0 saturated carbocycles. The van der Waals surface area contributed by atoms with Gasteiger partial charge in [0.1, 0.15) is 5.75 Å². The first-order valence-corrected chi connectivity index (χ1v) is 9.40. The number of phenols is 1. The largest absolute Gasteiger partial charge is 0.506 e. The van der Waals surface area contributed by atoms with Crippen LogP contribution in [-0.2, 0) is 12.8 Å². The number of aromatic hydroxyl groups is 1. The minimum atomic E-state index is 0.551. The number of hydrogen-bond donors (Lipinski definition) is 1. The van der Waals surface area contributed by atoms with E-state index in [-0.39, 0.29) is 0 Å². The Bertz CT molecular complexity index is 455. The van der Waals surface area contributed by atoms with Gasteiger partial charge in [-0.15, -0.1) is 11.8 Å². The molecule has 1 N–H and O–H groups in total. The van der Waals surface area contributed by atoms with E-state index in [2.05, 4.69) is 37.8 Å². The van der Waals surface area contributed by atoms with Gasteiger partial charge < -0.3 is 5.11 Å². The van der Waals surface area contributed by atoms with E-state index in [4.69, 9.17) is 0 Å². The monoisotopic (exact) mass is 307 g/mol. The molecule has 21 heavy (non-hydrogen) atoms. The first-order valence-electron chi connectivity index (χ1n) is 8.41. The van der Waals surface area contributed by atoms with E-state index in [0.717, 1.165) is 35.5 Å². The second-order valence-electron chi connectivity index (χ2n) is 6.02. The van der Waals surface area contributed by atoms with E-state index in [1.807, 2.05) is 11.8 Å². The predicted octanol–water partition coefficient (Wildman–Crippen LogP) is 4.48. The van der Waals surface area contributed by atoms with Crippen LogP contribution in [0.3, 0.4) is 0 Å². The molecule has 1 unspecified atom stereocenters. The summed E-state index contributed by atoms with van der Waals surface area (Å²) in [6.45, 7) is 9.06. The SMILES string of the molecule is CCCc1ccc2c(c1O)SCC(N(CCC)CCC)C2. The normalized spacial score (nSPS) is 18.0. The molecule has 0 radical (unpaired) electrons. The van der Waals surface area contributed by atoms with Gasteiger partial charge in [0.25, 0.3) is 0 Å². The summed E-state index contributed by atoms with van der Waals surface area (Å²) in [6, 6.07) is 5.00. The van der Waals surface area contributed by atoms with E-state index in [1.54, 1.807) is 0 Å². The highest BCUT2D eigenvalue weighted by Gasteiger charge is 2.26. The maximum absolute atomic E-state index is 10.5. The number of nitrogens with zero attached hydrogens (tertiary/aromatic N) is 1. The third-order valence-corrected chi connectivity index (χ3v) is 5.53. The topological polar surface area (TPSA) is 23.5 Å². The maximum atomic E-state index is 10.5. The van der Waals surface area contributed by atoms with Gasteiger partial charge in [0, 0.05) is 11.8 Å². The summed E-state index contributed by atoms with van der Waals surface area (Å²) in [5.74, 6) is 1.66. The molecule has 1 atom stereocenters. The molecule has 2 nitrogen and oxygen atoms in total. The van der Waals surface area contributed by atoms with Crippen LogP contribution in [0.2, 0.25) is 0 Å². The average molecular weight is 308 g/mol. The molecule has 0 spiro atoms. The van der Waals surface area contributed by atoms with Crippen LogP contribution in [0.25, 0.3) is 0 Å². The minimum Gasteiger partial charge on any atom is -0.506 e. The molecule has 1 aromatic rings. The van der Waals surface area contributed by atoms with Crippen molar-refractivity contribution in [2.45, 2.75) is 63.8 Å². The summed E-state index contributed by atoms with van der Waals surface area (Å²) >= 11 is 1.85. The molecule has 0 bridgehead atoms. The van der Waals surface area contributed by atoms with Crippen molar-refractivity contribution >= 4 is 11.8 Å². The number of hydrogen-bond acceptors (Lipinski definition) is 3. The van der Waals surface area contributed by atoms with Crippen molar-refractivity contribution in [2.24, 2.45) is 0 Å². The molecule has 3 heteroatoms. The zero-order valence-electron chi connectivity index (χ0n) is 13.7. The van der Waals surface area contributed by atoms with Gasteiger partial charge >= 0.3 is 0 Å². The van der Waals surface area contributed by atoms with Crippen molar-refractivity contribution in [2.75, 3.05) is 18.8 Å². The Hall–Kier alpha value is -0.670. The Kier molecular flexibility index (Phi) is 6.43. The lowest BCUT2D eigenvalue weighted by Gasteiger charge is -2.35. The van der Waals surface area contributed by atoms with Crippen LogP contribution in [0.1, 0.15) is 51.2 Å². The van der Waals surface area contributed by atoms with Crippen LogP contribution >= 0.6 is 11.8 Å². The molecule has 0 fully saturated rings. The van der Waals surface area contributed by atoms with Gasteiger partial charge in [-0.3, -0.25) is 4.90 Å². The molecule has 1 aliphatic rings. The second-order valence-corrected chi connectivity index (χ2v) is 7.05. The quantitative estimate of drug-likeness (QED) is 0.803. The lowest BCUT2D eigenvalue weighted by molar-refractivity contribution is 0.209. The van der Waals surface area contributed by atoms with E-state index < -0.39 is 0 Å². The summed E-state index contributed by atoms with van der Waals surface area (Å²) in [4.78, 5) is 3.78. The van der Waals surface area contributed by atoms with Crippen LogP contribution in [0.5, 0.6) is 5.75 Å². The number of benzene rings is 1. The Labute approximate surface area is 133 Å². The molecule has 0 amide bonds.